The second kappa shape index (κ2) is 8.80. The van der Waals surface area contributed by atoms with Gasteiger partial charge in [-0.2, -0.15) is 10.2 Å². The summed E-state index contributed by atoms with van der Waals surface area (Å²) in [5.74, 6) is 2.18. The molecule has 1 saturated heterocycles. The highest BCUT2D eigenvalue weighted by Gasteiger charge is 2.27. The molecule has 1 aliphatic heterocycles. The summed E-state index contributed by atoms with van der Waals surface area (Å²) in [5, 5.41) is 21.1. The predicted molar refractivity (Wildman–Crippen MR) is 130 cm³/mol. The number of rotatable bonds is 5. The molecule has 36 heavy (non-hydrogen) atoms. The summed E-state index contributed by atoms with van der Waals surface area (Å²) in [6, 6.07) is 9.50. The van der Waals surface area contributed by atoms with Gasteiger partial charge in [-0.25, -0.2) is 28.8 Å². The Bertz CT molecular complexity index is 1570. The summed E-state index contributed by atoms with van der Waals surface area (Å²) < 4.78 is 9.46. The molecule has 1 aromatic carbocycles. The van der Waals surface area contributed by atoms with E-state index in [9.17, 15) is 9.90 Å². The Morgan fingerprint density at radius 1 is 1.06 bits per heavy atom. The van der Waals surface area contributed by atoms with Gasteiger partial charge in [0.1, 0.15) is 36.0 Å². The maximum Gasteiger partial charge on any atom is 0.407 e. The van der Waals surface area contributed by atoms with Crippen LogP contribution < -0.4 is 10.1 Å². The molecule has 5 aromatic rings. The lowest BCUT2D eigenvalue weighted by atomic mass is 9.93. The van der Waals surface area contributed by atoms with Crippen molar-refractivity contribution in [3.8, 4) is 11.5 Å². The minimum atomic E-state index is -0.879. The number of nitrogens with one attached hydrogen (secondary N) is 1. The molecule has 1 amide bonds. The summed E-state index contributed by atoms with van der Waals surface area (Å²) in [5.41, 5.74) is 4.18. The molecule has 4 aromatic heterocycles. The van der Waals surface area contributed by atoms with Crippen LogP contribution in [0.5, 0.6) is 11.5 Å². The number of amides is 1. The molecule has 0 radical (unpaired) electrons. The zero-order valence-electron chi connectivity index (χ0n) is 19.4. The zero-order valence-corrected chi connectivity index (χ0v) is 19.4. The molecule has 0 saturated carbocycles. The van der Waals surface area contributed by atoms with Crippen LogP contribution in [0.3, 0.4) is 0 Å². The fourth-order valence-electron chi connectivity index (χ4n) is 4.57. The quantitative estimate of drug-likeness (QED) is 0.380. The molecule has 12 nitrogen and oxygen atoms in total. The topological polar surface area (TPSA) is 135 Å². The fraction of sp³-hybridized carbons (Fsp3) is 0.250. The normalized spacial score (nSPS) is 14.4. The lowest BCUT2D eigenvalue weighted by Crippen LogP contribution is -2.36. The molecular weight excluding hydrogens is 462 g/mol. The molecule has 1 aliphatic rings. The summed E-state index contributed by atoms with van der Waals surface area (Å²) >= 11 is 0. The van der Waals surface area contributed by atoms with E-state index in [-0.39, 0.29) is 5.92 Å². The molecule has 1 fully saturated rings. The average molecular weight is 486 g/mol. The molecule has 182 valence electrons. The number of piperidine rings is 1. The van der Waals surface area contributed by atoms with Crippen LogP contribution in [-0.4, -0.2) is 63.4 Å². The molecule has 2 N–H and O–H groups in total. The zero-order chi connectivity index (χ0) is 24.6. The van der Waals surface area contributed by atoms with E-state index < -0.39 is 6.09 Å². The first-order valence-corrected chi connectivity index (χ1v) is 11.6. The van der Waals surface area contributed by atoms with Gasteiger partial charge >= 0.3 is 6.09 Å². The van der Waals surface area contributed by atoms with Crippen LogP contribution in [-0.2, 0) is 0 Å². The van der Waals surface area contributed by atoms with E-state index in [2.05, 4.69) is 30.5 Å². The molecule has 6 rings (SSSR count). The highest BCUT2D eigenvalue weighted by Crippen LogP contribution is 2.34. The SMILES string of the molecule is Cc1cc(Nc2ncnn3cnc(C4CCN(C(=O)O)CC4)c23)ccc1Oc1ccn2ncnc2c1. The monoisotopic (exact) mass is 485 g/mol. The van der Waals surface area contributed by atoms with Gasteiger partial charge in [-0.1, -0.05) is 0 Å². The average Bonchev–Trinajstić information content (AvgIpc) is 3.53. The van der Waals surface area contributed by atoms with Crippen molar-refractivity contribution in [2.75, 3.05) is 18.4 Å². The lowest BCUT2D eigenvalue weighted by Gasteiger charge is -2.29. The summed E-state index contributed by atoms with van der Waals surface area (Å²) in [7, 11) is 0. The van der Waals surface area contributed by atoms with Crippen molar-refractivity contribution in [1.82, 2.24) is 39.1 Å². The van der Waals surface area contributed by atoms with Crippen LogP contribution in [0, 0.1) is 6.92 Å². The van der Waals surface area contributed by atoms with Crippen molar-refractivity contribution in [3.05, 3.63) is 66.8 Å². The van der Waals surface area contributed by atoms with Crippen LogP contribution in [0.2, 0.25) is 0 Å². The van der Waals surface area contributed by atoms with E-state index >= 15 is 0 Å². The Morgan fingerprint density at radius 2 is 1.86 bits per heavy atom. The Kier molecular flexibility index (Phi) is 5.32. The smallest absolute Gasteiger partial charge is 0.407 e. The third-order valence-corrected chi connectivity index (χ3v) is 6.43. The molecular formula is C24H23N9O3. The fourth-order valence-corrected chi connectivity index (χ4v) is 4.57. The first kappa shape index (κ1) is 21.8. The van der Waals surface area contributed by atoms with Crippen LogP contribution in [0.15, 0.2) is 55.5 Å². The second-order valence-electron chi connectivity index (χ2n) is 8.71. The molecule has 0 bridgehead atoms. The number of anilines is 2. The van der Waals surface area contributed by atoms with Gasteiger partial charge in [-0.3, -0.25) is 0 Å². The van der Waals surface area contributed by atoms with Gasteiger partial charge in [0.25, 0.3) is 0 Å². The molecule has 0 spiro atoms. The molecule has 0 atom stereocenters. The molecule has 5 heterocycles. The van der Waals surface area contributed by atoms with E-state index in [1.807, 2.05) is 37.3 Å². The van der Waals surface area contributed by atoms with Crippen LogP contribution in [0.4, 0.5) is 16.3 Å². The number of imidazole rings is 1. The Labute approximate surface area is 205 Å². The van der Waals surface area contributed by atoms with Crippen molar-refractivity contribution in [2.24, 2.45) is 0 Å². The first-order chi connectivity index (χ1) is 17.5. The number of likely N-dealkylation sites (tertiary alicyclic amines) is 1. The number of aromatic nitrogens is 7. The van der Waals surface area contributed by atoms with E-state index in [0.29, 0.717) is 43.1 Å². The predicted octanol–water partition coefficient (Wildman–Crippen LogP) is 3.87. The van der Waals surface area contributed by atoms with E-state index in [4.69, 9.17) is 4.74 Å². The number of aryl methyl sites for hydroxylation is 1. The molecule has 0 unspecified atom stereocenters. The Hall–Kier alpha value is -4.74. The minimum absolute atomic E-state index is 0.136. The number of carboxylic acid groups (broad SMARTS) is 1. The Balaban J connectivity index is 1.24. The number of fused-ring (bicyclic) bond motifs is 2. The van der Waals surface area contributed by atoms with Gasteiger partial charge in [0, 0.05) is 37.0 Å². The maximum atomic E-state index is 11.3. The van der Waals surface area contributed by atoms with Crippen LogP contribution in [0.25, 0.3) is 11.2 Å². The Morgan fingerprint density at radius 3 is 2.67 bits per heavy atom. The number of carbonyl (C=O) groups is 1. The van der Waals surface area contributed by atoms with Gasteiger partial charge in [-0.15, -0.1) is 0 Å². The number of hydrogen-bond acceptors (Lipinski definition) is 8. The first-order valence-electron chi connectivity index (χ1n) is 11.6. The standard InChI is InChI=1S/C24H23N9O3/c1-15-10-17(2-3-19(15)36-18-6-9-32-20(11-18)25-12-28-32)30-23-22-21(27-14-33(22)29-13-26-23)16-4-7-31(8-5-16)24(34)35/h2-3,6,9-14,16H,4-5,7-8H2,1H3,(H,34,35)(H,26,29,30). The number of hydrogen-bond donors (Lipinski definition) is 2. The van der Waals surface area contributed by atoms with Gasteiger partial charge in [0.2, 0.25) is 0 Å². The van der Waals surface area contributed by atoms with E-state index in [0.717, 1.165) is 28.2 Å². The van der Waals surface area contributed by atoms with Gasteiger partial charge in [0.15, 0.2) is 11.5 Å². The van der Waals surface area contributed by atoms with Crippen molar-refractivity contribution in [1.29, 1.82) is 0 Å². The number of benzene rings is 1. The number of nitrogens with zero attached hydrogens (tertiary/aromatic N) is 8. The van der Waals surface area contributed by atoms with Crippen molar-refractivity contribution in [2.45, 2.75) is 25.7 Å². The van der Waals surface area contributed by atoms with Crippen molar-refractivity contribution < 1.29 is 14.6 Å². The largest absolute Gasteiger partial charge is 0.465 e. The maximum absolute atomic E-state index is 11.3. The highest BCUT2D eigenvalue weighted by molar-refractivity contribution is 5.76. The van der Waals surface area contributed by atoms with Crippen LogP contribution in [0.1, 0.15) is 30.0 Å². The second-order valence-corrected chi connectivity index (χ2v) is 8.71. The number of ether oxygens (including phenoxy) is 1. The van der Waals surface area contributed by atoms with E-state index in [1.165, 1.54) is 17.6 Å². The summed E-state index contributed by atoms with van der Waals surface area (Å²) in [6.45, 7) is 2.95. The lowest BCUT2D eigenvalue weighted by molar-refractivity contribution is 0.132. The highest BCUT2D eigenvalue weighted by atomic mass is 16.5. The third-order valence-electron chi connectivity index (χ3n) is 6.43. The third kappa shape index (κ3) is 4.02. The molecule has 0 aliphatic carbocycles. The summed E-state index contributed by atoms with van der Waals surface area (Å²) in [4.78, 5) is 26.0. The van der Waals surface area contributed by atoms with Crippen molar-refractivity contribution in [3.63, 3.8) is 0 Å². The van der Waals surface area contributed by atoms with Crippen molar-refractivity contribution >= 4 is 28.8 Å². The molecule has 12 heteroatoms. The van der Waals surface area contributed by atoms with Gasteiger partial charge < -0.3 is 20.1 Å². The number of pyridine rings is 1. The minimum Gasteiger partial charge on any atom is -0.465 e. The van der Waals surface area contributed by atoms with Crippen LogP contribution >= 0.6 is 0 Å². The summed E-state index contributed by atoms with van der Waals surface area (Å²) in [6.07, 6.45) is 7.00. The van der Waals surface area contributed by atoms with Gasteiger partial charge in [-0.05, 0) is 49.6 Å². The van der Waals surface area contributed by atoms with Gasteiger partial charge in [0.05, 0.1) is 5.69 Å². The van der Waals surface area contributed by atoms with E-state index in [1.54, 1.807) is 21.6 Å².